The second kappa shape index (κ2) is 4.07. The van der Waals surface area contributed by atoms with Gasteiger partial charge in [0.1, 0.15) is 0 Å². The van der Waals surface area contributed by atoms with Gasteiger partial charge in [-0.1, -0.05) is 13.3 Å². The average Bonchev–Trinajstić information content (AvgIpc) is 2.04. The van der Waals surface area contributed by atoms with Crippen molar-refractivity contribution in [3.05, 3.63) is 0 Å². The summed E-state index contributed by atoms with van der Waals surface area (Å²) in [6.07, 6.45) is 4.52. The third-order valence-electron chi connectivity index (χ3n) is 2.69. The van der Waals surface area contributed by atoms with Crippen LogP contribution in [-0.4, -0.2) is 35.7 Å². The zero-order valence-electron chi connectivity index (χ0n) is 7.58. The Balaban J connectivity index is 2.40. The Bertz CT molecular complexity index is 112. The van der Waals surface area contributed by atoms with Gasteiger partial charge in [0.25, 0.3) is 0 Å². The third-order valence-corrected chi connectivity index (χ3v) is 2.69. The van der Waals surface area contributed by atoms with E-state index in [-0.39, 0.29) is 6.10 Å². The van der Waals surface area contributed by atoms with Crippen molar-refractivity contribution >= 4 is 0 Å². The van der Waals surface area contributed by atoms with Crippen LogP contribution in [0.1, 0.15) is 32.6 Å². The minimum absolute atomic E-state index is 0.111. The number of nitrogens with zero attached hydrogens (tertiary/aromatic N) is 1. The number of likely N-dealkylation sites (N-methyl/N-ethyl adjacent to an activating group) is 1. The van der Waals surface area contributed by atoms with Gasteiger partial charge in [0.05, 0.1) is 6.10 Å². The normalized spacial score (nSPS) is 30.3. The molecule has 0 amide bonds. The molecule has 1 rings (SSSR count). The summed E-state index contributed by atoms with van der Waals surface area (Å²) >= 11 is 0. The molecule has 1 saturated heterocycles. The monoisotopic (exact) mass is 157 g/mol. The van der Waals surface area contributed by atoms with Crippen LogP contribution in [-0.2, 0) is 0 Å². The number of likely N-dealkylation sites (tertiary alicyclic amines) is 1. The molecule has 0 radical (unpaired) electrons. The van der Waals surface area contributed by atoms with Crippen LogP contribution in [0.15, 0.2) is 0 Å². The average molecular weight is 157 g/mol. The molecule has 1 N–H and O–H groups in total. The fraction of sp³-hybridized carbons (Fsp3) is 1.00. The number of rotatable bonds is 2. The highest BCUT2D eigenvalue weighted by Gasteiger charge is 2.24. The number of aliphatic hydroxyl groups excluding tert-OH is 1. The maximum atomic E-state index is 9.61. The van der Waals surface area contributed by atoms with Gasteiger partial charge in [0.15, 0.2) is 0 Å². The topological polar surface area (TPSA) is 23.5 Å². The summed E-state index contributed by atoms with van der Waals surface area (Å²) in [5, 5.41) is 9.61. The van der Waals surface area contributed by atoms with E-state index in [0.29, 0.717) is 6.04 Å². The van der Waals surface area contributed by atoms with Crippen LogP contribution < -0.4 is 0 Å². The van der Waals surface area contributed by atoms with Crippen LogP contribution in [0, 0.1) is 0 Å². The van der Waals surface area contributed by atoms with Crippen molar-refractivity contribution in [2.24, 2.45) is 0 Å². The van der Waals surface area contributed by atoms with E-state index >= 15 is 0 Å². The summed E-state index contributed by atoms with van der Waals surface area (Å²) in [6, 6.07) is 0.425. The summed E-state index contributed by atoms with van der Waals surface area (Å²) in [5.74, 6) is 0. The molecular formula is C9H19NO. The first-order chi connectivity index (χ1) is 5.25. The molecular weight excluding hydrogens is 138 g/mol. The van der Waals surface area contributed by atoms with E-state index in [1.54, 1.807) is 0 Å². The number of aliphatic hydroxyl groups is 1. The van der Waals surface area contributed by atoms with Gasteiger partial charge in [0.2, 0.25) is 0 Å². The molecule has 1 fully saturated rings. The van der Waals surface area contributed by atoms with E-state index in [0.717, 1.165) is 13.0 Å². The number of piperidine rings is 1. The van der Waals surface area contributed by atoms with Crippen molar-refractivity contribution in [2.75, 3.05) is 13.6 Å². The first kappa shape index (κ1) is 9.01. The van der Waals surface area contributed by atoms with Crippen LogP contribution in [0.3, 0.4) is 0 Å². The lowest BCUT2D eigenvalue weighted by atomic mass is 9.97. The summed E-state index contributed by atoms with van der Waals surface area (Å²) in [4.78, 5) is 2.29. The second-order valence-corrected chi connectivity index (χ2v) is 3.52. The van der Waals surface area contributed by atoms with Gasteiger partial charge >= 0.3 is 0 Å². The Morgan fingerprint density at radius 3 is 2.82 bits per heavy atom. The quantitative estimate of drug-likeness (QED) is 0.652. The smallest absolute Gasteiger partial charge is 0.0692 e. The van der Waals surface area contributed by atoms with Crippen LogP contribution >= 0.6 is 0 Å². The lowest BCUT2D eigenvalue weighted by Gasteiger charge is -2.35. The molecule has 0 aromatic heterocycles. The molecule has 0 aromatic carbocycles. The molecule has 1 aliphatic heterocycles. The molecule has 1 heterocycles. The zero-order chi connectivity index (χ0) is 8.27. The minimum atomic E-state index is -0.111. The largest absolute Gasteiger partial charge is 0.392 e. The Hall–Kier alpha value is -0.0800. The summed E-state index contributed by atoms with van der Waals surface area (Å²) < 4.78 is 0. The molecule has 11 heavy (non-hydrogen) atoms. The van der Waals surface area contributed by atoms with Crippen LogP contribution in [0.25, 0.3) is 0 Å². The van der Waals surface area contributed by atoms with Crippen molar-refractivity contribution in [2.45, 2.75) is 44.8 Å². The molecule has 66 valence electrons. The maximum absolute atomic E-state index is 9.61. The predicted octanol–water partition coefficient (Wildman–Crippen LogP) is 1.24. The molecule has 0 unspecified atom stereocenters. The molecule has 2 atom stereocenters. The summed E-state index contributed by atoms with van der Waals surface area (Å²) in [6.45, 7) is 3.20. The van der Waals surface area contributed by atoms with E-state index in [4.69, 9.17) is 0 Å². The van der Waals surface area contributed by atoms with Crippen molar-refractivity contribution in [3.8, 4) is 0 Å². The van der Waals surface area contributed by atoms with Crippen molar-refractivity contribution in [1.82, 2.24) is 4.90 Å². The molecule has 2 heteroatoms. The van der Waals surface area contributed by atoms with Gasteiger partial charge in [-0.05, 0) is 32.9 Å². The van der Waals surface area contributed by atoms with E-state index < -0.39 is 0 Å². The molecule has 0 aliphatic carbocycles. The van der Waals surface area contributed by atoms with Crippen molar-refractivity contribution < 1.29 is 5.11 Å². The fourth-order valence-electron chi connectivity index (χ4n) is 1.86. The first-order valence-corrected chi connectivity index (χ1v) is 4.64. The second-order valence-electron chi connectivity index (χ2n) is 3.52. The van der Waals surface area contributed by atoms with Gasteiger partial charge < -0.3 is 10.0 Å². The summed E-state index contributed by atoms with van der Waals surface area (Å²) in [5.41, 5.74) is 0. The molecule has 0 spiro atoms. The molecule has 1 aliphatic rings. The summed E-state index contributed by atoms with van der Waals surface area (Å²) in [7, 11) is 2.11. The van der Waals surface area contributed by atoms with Crippen molar-refractivity contribution in [1.29, 1.82) is 0 Å². The third kappa shape index (κ3) is 2.17. The SMILES string of the molecule is CC[C@H](O)[C@H]1CCCCN1C. The van der Waals surface area contributed by atoms with Gasteiger partial charge in [-0.2, -0.15) is 0 Å². The lowest BCUT2D eigenvalue weighted by molar-refractivity contribution is 0.0390. The Morgan fingerprint density at radius 2 is 2.27 bits per heavy atom. The van der Waals surface area contributed by atoms with Gasteiger partial charge in [-0.25, -0.2) is 0 Å². The Labute approximate surface area is 69.2 Å². The fourth-order valence-corrected chi connectivity index (χ4v) is 1.86. The van der Waals surface area contributed by atoms with E-state index in [9.17, 15) is 5.11 Å². The van der Waals surface area contributed by atoms with Crippen LogP contribution in [0.5, 0.6) is 0 Å². The zero-order valence-corrected chi connectivity index (χ0v) is 7.58. The van der Waals surface area contributed by atoms with Crippen LogP contribution in [0.4, 0.5) is 0 Å². The minimum Gasteiger partial charge on any atom is -0.392 e. The first-order valence-electron chi connectivity index (χ1n) is 4.64. The number of hydrogen-bond acceptors (Lipinski definition) is 2. The Kier molecular flexibility index (Phi) is 3.34. The van der Waals surface area contributed by atoms with Gasteiger partial charge in [-0.15, -0.1) is 0 Å². The van der Waals surface area contributed by atoms with Crippen molar-refractivity contribution in [3.63, 3.8) is 0 Å². The maximum Gasteiger partial charge on any atom is 0.0692 e. The van der Waals surface area contributed by atoms with E-state index in [2.05, 4.69) is 11.9 Å². The highest BCUT2D eigenvalue weighted by Crippen LogP contribution is 2.18. The van der Waals surface area contributed by atoms with E-state index in [1.807, 2.05) is 6.92 Å². The molecule has 0 aromatic rings. The van der Waals surface area contributed by atoms with Gasteiger partial charge in [-0.3, -0.25) is 0 Å². The van der Waals surface area contributed by atoms with E-state index in [1.165, 1.54) is 19.3 Å². The Morgan fingerprint density at radius 1 is 1.55 bits per heavy atom. The molecule has 2 nitrogen and oxygen atoms in total. The van der Waals surface area contributed by atoms with Gasteiger partial charge in [0, 0.05) is 6.04 Å². The van der Waals surface area contributed by atoms with Crippen LogP contribution in [0.2, 0.25) is 0 Å². The standard InChI is InChI=1S/C9H19NO/c1-3-9(11)8-6-4-5-7-10(8)2/h8-9,11H,3-7H2,1-2H3/t8-,9+/m1/s1. The highest BCUT2D eigenvalue weighted by atomic mass is 16.3. The number of hydrogen-bond donors (Lipinski definition) is 1. The lowest BCUT2D eigenvalue weighted by Crippen LogP contribution is -2.44. The predicted molar refractivity (Wildman–Crippen MR) is 46.6 cm³/mol. The molecule has 0 bridgehead atoms. The molecule has 0 saturated carbocycles. The highest BCUT2D eigenvalue weighted by molar-refractivity contribution is 4.79.